The van der Waals surface area contributed by atoms with Crippen LogP contribution < -0.4 is 5.73 Å². The van der Waals surface area contributed by atoms with Gasteiger partial charge < -0.3 is 150 Å². The van der Waals surface area contributed by atoms with E-state index < -0.39 is 209 Å². The van der Waals surface area contributed by atoms with Crippen molar-refractivity contribution in [2.24, 2.45) is 5.73 Å². The minimum atomic E-state index is -3.81. The minimum absolute atomic E-state index is 0.366. The Labute approximate surface area is 376 Å². The molecule has 0 unspecified atom stereocenters. The number of hydrogen-bond donors (Lipinski definition) is 21. The Bertz CT molecular complexity index is 1620. The van der Waals surface area contributed by atoms with E-state index in [2.05, 4.69) is 0 Å². The number of carboxylic acid groups (broad SMARTS) is 2. The normalized spacial score (nSPS) is 48.3. The fourth-order valence-electron chi connectivity index (χ4n) is 8.08. The summed E-state index contributed by atoms with van der Waals surface area (Å²) >= 11 is 0. The lowest BCUT2D eigenvalue weighted by molar-refractivity contribution is -0.412. The molecular formula is C35H59NO31. The Morgan fingerprint density at radius 1 is 0.582 bits per heavy atom. The number of aliphatic hydroxyl groups excluding tert-OH is 17. The van der Waals surface area contributed by atoms with Gasteiger partial charge in [0.2, 0.25) is 0 Å². The second kappa shape index (κ2) is 22.5. The molecular weight excluding hydrogens is 930 g/mol. The van der Waals surface area contributed by atoms with Gasteiger partial charge in [0.15, 0.2) is 18.9 Å². The molecule has 5 saturated heterocycles. The van der Waals surface area contributed by atoms with Crippen molar-refractivity contribution in [2.45, 2.75) is 171 Å². The van der Waals surface area contributed by atoms with Crippen molar-refractivity contribution in [3.05, 3.63) is 0 Å². The molecule has 0 bridgehead atoms. The predicted molar refractivity (Wildman–Crippen MR) is 198 cm³/mol. The quantitative estimate of drug-likeness (QED) is 0.0606. The first-order chi connectivity index (χ1) is 31.3. The molecule has 5 aliphatic heterocycles. The summed E-state index contributed by atoms with van der Waals surface area (Å²) in [4.78, 5) is 25.6. The minimum Gasteiger partial charge on any atom is -0.477 e. The third-order valence-corrected chi connectivity index (χ3v) is 12.0. The first-order valence-corrected chi connectivity index (χ1v) is 20.5. The van der Waals surface area contributed by atoms with E-state index in [1.807, 2.05) is 0 Å². The van der Waals surface area contributed by atoms with Gasteiger partial charge in [0.25, 0.3) is 11.6 Å². The summed E-state index contributed by atoms with van der Waals surface area (Å²) in [5.74, 6) is -12.1. The average Bonchev–Trinajstić information content (AvgIpc) is 3.29. The van der Waals surface area contributed by atoms with Crippen molar-refractivity contribution in [3.63, 3.8) is 0 Å². The highest BCUT2D eigenvalue weighted by Gasteiger charge is 2.66. The van der Waals surface area contributed by atoms with Crippen molar-refractivity contribution in [3.8, 4) is 0 Å². The highest BCUT2D eigenvalue weighted by molar-refractivity contribution is 5.77. The Morgan fingerprint density at radius 3 is 1.64 bits per heavy atom. The molecule has 0 aromatic carbocycles. The molecule has 5 rings (SSSR count). The monoisotopic (exact) mass is 989 g/mol. The van der Waals surface area contributed by atoms with E-state index in [0.29, 0.717) is 0 Å². The van der Waals surface area contributed by atoms with Gasteiger partial charge in [-0.25, -0.2) is 9.59 Å². The van der Waals surface area contributed by atoms with Crippen LogP contribution >= 0.6 is 0 Å². The van der Waals surface area contributed by atoms with Gasteiger partial charge in [-0.15, -0.1) is 0 Å². The van der Waals surface area contributed by atoms with Crippen molar-refractivity contribution in [1.29, 1.82) is 0 Å². The Hall–Kier alpha value is -2.18. The molecule has 5 heterocycles. The zero-order valence-corrected chi connectivity index (χ0v) is 34.7. The van der Waals surface area contributed by atoms with E-state index in [4.69, 9.17) is 48.4 Å². The Morgan fingerprint density at radius 2 is 1.09 bits per heavy atom. The third kappa shape index (κ3) is 11.2. The summed E-state index contributed by atoms with van der Waals surface area (Å²) in [6.45, 7) is -5.12. The number of hydrogen-bond acceptors (Lipinski definition) is 30. The lowest BCUT2D eigenvalue weighted by Crippen LogP contribution is -2.73. The molecule has 0 radical (unpaired) electrons. The summed E-state index contributed by atoms with van der Waals surface area (Å²) in [5.41, 5.74) is 5.62. The molecule has 0 aromatic heterocycles. The molecule has 5 aliphatic rings. The van der Waals surface area contributed by atoms with Gasteiger partial charge in [0.1, 0.15) is 122 Å². The van der Waals surface area contributed by atoms with Crippen LogP contribution in [0.2, 0.25) is 0 Å². The fourth-order valence-corrected chi connectivity index (χ4v) is 8.08. The lowest BCUT2D eigenvalue weighted by Gasteiger charge is -2.52. The standard InChI is InChI=1S/C35H59NO31/c36-7-5-59-29(18(49)13(7)44)60-6-11(43)24-16(47)17(48)28(53)35(67-24,33(56)57)65-12-1-34(58,32(54)55)66-25(10(42)4-39)26(12)63-31-21(52)27(20(51)23(62-31)9(41)3-38)64-30-19(50)14(45)15(46)22(61-30)8(40)2-37/h7-31,37-53,58H,1-6,36H2,(H,54,55)(H,56,57)/t7-,8-,9-,10+,11+,12+,13-,14-,15-,16+,17-,18+,19-,20+,21-,22+,23+,24+,25+,26+,27-,28-,29-,30+,31+,34+,35+/m0/s1. The van der Waals surface area contributed by atoms with Crippen molar-refractivity contribution in [2.75, 3.05) is 33.0 Å². The van der Waals surface area contributed by atoms with Crippen LogP contribution in [0.25, 0.3) is 0 Å². The number of aliphatic hydroxyl groups is 18. The predicted octanol–water partition coefficient (Wildman–Crippen LogP) is -13.9. The van der Waals surface area contributed by atoms with Crippen LogP contribution in [0.1, 0.15) is 6.42 Å². The molecule has 5 fully saturated rings. The lowest BCUT2D eigenvalue weighted by atomic mass is 9.88. The molecule has 22 N–H and O–H groups in total. The van der Waals surface area contributed by atoms with Gasteiger partial charge in [-0.2, -0.15) is 0 Å². The topological polar surface area (TPSA) is 548 Å². The number of carboxylic acids is 2. The van der Waals surface area contributed by atoms with Crippen LogP contribution in [0.15, 0.2) is 0 Å². The Kier molecular flexibility index (Phi) is 18.7. The molecule has 0 spiro atoms. The molecule has 32 nitrogen and oxygen atoms in total. The van der Waals surface area contributed by atoms with E-state index in [1.165, 1.54) is 0 Å². The molecule has 27 atom stereocenters. The summed E-state index contributed by atoms with van der Waals surface area (Å²) in [6, 6.07) is -1.07. The van der Waals surface area contributed by atoms with Crippen LogP contribution in [-0.2, 0) is 52.2 Å². The van der Waals surface area contributed by atoms with Crippen molar-refractivity contribution >= 4 is 11.9 Å². The summed E-state index contributed by atoms with van der Waals surface area (Å²) < 4.78 is 48.9. The van der Waals surface area contributed by atoms with Crippen LogP contribution in [0, 0.1) is 0 Å². The van der Waals surface area contributed by atoms with Crippen LogP contribution in [0.5, 0.6) is 0 Å². The molecule has 390 valence electrons. The number of carbonyl (C=O) groups is 2. The van der Waals surface area contributed by atoms with Gasteiger partial charge in [0.05, 0.1) is 45.2 Å². The van der Waals surface area contributed by atoms with E-state index in [-0.39, 0.29) is 6.61 Å². The van der Waals surface area contributed by atoms with Gasteiger partial charge in [0, 0.05) is 6.42 Å². The van der Waals surface area contributed by atoms with E-state index in [9.17, 15) is 112 Å². The van der Waals surface area contributed by atoms with Crippen LogP contribution in [0.3, 0.4) is 0 Å². The fraction of sp³-hybridized carbons (Fsp3) is 0.943. The highest BCUT2D eigenvalue weighted by atomic mass is 16.8. The number of nitrogens with two attached hydrogens (primary N) is 1. The zero-order valence-electron chi connectivity index (χ0n) is 34.7. The summed E-state index contributed by atoms with van der Waals surface area (Å²) in [5, 5.41) is 212. The number of aliphatic carboxylic acids is 2. The first-order valence-electron chi connectivity index (χ1n) is 20.5. The van der Waals surface area contributed by atoms with Gasteiger partial charge in [-0.3, -0.25) is 0 Å². The average molecular weight is 990 g/mol. The SMILES string of the molecule is N[C@H]1CO[C@@H](OC[C@@H](O)[C@H]2O[C@@](O[C@@H]3C[C@](O)(C(=O)O)O[C@H]([C@H](O)CO)[C@@H]3O[C@H]3O[C@H]([C@@H](O)CO)[C@@H](O)[C@H](O[C@H]4O[C@H]([C@@H](O)CO)[C@@H](O)[C@H](O)[C@@H]4O)[C@@H]3O)(C(=O)O)[C@@H](O)[C@@H](O)[C@H]2O)[C@H](O)[C@H]1O. The molecule has 0 saturated carbocycles. The Balaban J connectivity index is 1.52. The molecule has 0 amide bonds. The maximum absolute atomic E-state index is 13.2. The summed E-state index contributed by atoms with van der Waals surface area (Å²) in [6.07, 6.45) is -55.8. The largest absolute Gasteiger partial charge is 0.477 e. The second-order valence-corrected chi connectivity index (χ2v) is 16.6. The molecule has 0 aromatic rings. The van der Waals surface area contributed by atoms with E-state index >= 15 is 0 Å². The third-order valence-electron chi connectivity index (χ3n) is 12.0. The van der Waals surface area contributed by atoms with Gasteiger partial charge in [-0.05, 0) is 0 Å². The first kappa shape index (κ1) is 55.7. The molecule has 32 heteroatoms. The zero-order chi connectivity index (χ0) is 50.2. The smallest absolute Gasteiger partial charge is 0.367 e. The van der Waals surface area contributed by atoms with Crippen molar-refractivity contribution < 1.29 is 154 Å². The number of ether oxygens (including phenoxy) is 9. The molecule has 67 heavy (non-hydrogen) atoms. The summed E-state index contributed by atoms with van der Waals surface area (Å²) in [7, 11) is 0. The second-order valence-electron chi connectivity index (χ2n) is 16.6. The van der Waals surface area contributed by atoms with E-state index in [0.717, 1.165) is 0 Å². The maximum atomic E-state index is 13.2. The van der Waals surface area contributed by atoms with Crippen LogP contribution in [0.4, 0.5) is 0 Å². The van der Waals surface area contributed by atoms with Crippen molar-refractivity contribution in [1.82, 2.24) is 0 Å². The molecule has 0 aliphatic carbocycles. The van der Waals surface area contributed by atoms with E-state index in [1.54, 1.807) is 0 Å². The number of rotatable bonds is 18. The van der Waals surface area contributed by atoms with Gasteiger partial charge >= 0.3 is 11.9 Å². The highest BCUT2D eigenvalue weighted by Crippen LogP contribution is 2.42. The maximum Gasteiger partial charge on any atom is 0.367 e. The van der Waals surface area contributed by atoms with Gasteiger partial charge in [-0.1, -0.05) is 0 Å². The van der Waals surface area contributed by atoms with Crippen LogP contribution in [-0.4, -0.2) is 312 Å².